The molecular formula is C7H7Cl3Zr-. The van der Waals surface area contributed by atoms with E-state index in [0.717, 1.165) is 0 Å². The first-order valence-corrected chi connectivity index (χ1v) is 12.4. The minimum absolute atomic E-state index is 1.29. The molecule has 0 saturated heterocycles. The molecule has 0 radical (unpaired) electrons. The van der Waals surface area contributed by atoms with Crippen LogP contribution < -0.4 is 0 Å². The Labute approximate surface area is 85.8 Å². The van der Waals surface area contributed by atoms with Crippen LogP contribution in [0.2, 0.25) is 0 Å². The van der Waals surface area contributed by atoms with Crippen molar-refractivity contribution in [1.29, 1.82) is 0 Å². The maximum atomic E-state index is 5.00. The van der Waals surface area contributed by atoms with E-state index in [1.165, 1.54) is 5.56 Å². The van der Waals surface area contributed by atoms with E-state index < -0.39 is 18.2 Å². The predicted octanol–water partition coefficient (Wildman–Crippen LogP) is 3.86. The zero-order valence-electron chi connectivity index (χ0n) is 5.94. The standard InChI is InChI=1S/C7H7.3ClH.Zr/c1-7-5-3-2-4-6-7;;;;/h3-6H,1H3;3*1H;/q-1;;;;+3/p-3. The summed E-state index contributed by atoms with van der Waals surface area (Å²) in [6, 6.07) is 10.8. The minimum atomic E-state index is -2.13. The fourth-order valence-electron chi connectivity index (χ4n) is 0.470. The normalized spacial score (nSPS) is 8.00. The van der Waals surface area contributed by atoms with Crippen molar-refractivity contribution in [2.75, 3.05) is 0 Å². The molecule has 61 valence electrons. The summed E-state index contributed by atoms with van der Waals surface area (Å²) in [6.45, 7) is 2.06. The van der Waals surface area contributed by atoms with Gasteiger partial charge in [0.05, 0.1) is 0 Å². The Morgan fingerprint density at radius 3 is 1.73 bits per heavy atom. The van der Waals surface area contributed by atoms with Gasteiger partial charge in [-0.15, -0.1) is 0 Å². The summed E-state index contributed by atoms with van der Waals surface area (Å²) in [5.41, 5.74) is 1.29. The maximum absolute atomic E-state index is 5.00. The van der Waals surface area contributed by atoms with E-state index in [1.807, 2.05) is 24.3 Å². The zero-order chi connectivity index (χ0) is 8.69. The average molecular weight is 289 g/mol. The van der Waals surface area contributed by atoms with Gasteiger partial charge in [-0.1, -0.05) is 6.92 Å². The molecule has 0 amide bonds. The Morgan fingerprint density at radius 1 is 1.18 bits per heavy atom. The Bertz CT molecular complexity index is 174. The van der Waals surface area contributed by atoms with Gasteiger partial charge in [0.1, 0.15) is 0 Å². The Balaban J connectivity index is 0.000000218. The van der Waals surface area contributed by atoms with Crippen LogP contribution in [0, 0.1) is 13.0 Å². The van der Waals surface area contributed by atoms with Crippen molar-refractivity contribution in [2.24, 2.45) is 0 Å². The molecular weight excluding hydrogens is 282 g/mol. The molecule has 0 bridgehead atoms. The van der Waals surface area contributed by atoms with Gasteiger partial charge in [-0.2, -0.15) is 35.9 Å². The van der Waals surface area contributed by atoms with Crippen LogP contribution in [-0.4, -0.2) is 0 Å². The van der Waals surface area contributed by atoms with E-state index in [1.54, 1.807) is 0 Å². The van der Waals surface area contributed by atoms with Crippen molar-refractivity contribution < 1.29 is 18.2 Å². The van der Waals surface area contributed by atoms with Gasteiger partial charge in [0.15, 0.2) is 0 Å². The van der Waals surface area contributed by atoms with E-state index in [9.17, 15) is 0 Å². The molecule has 0 aliphatic rings. The quantitative estimate of drug-likeness (QED) is 0.636. The molecule has 0 unspecified atom stereocenters. The molecule has 0 aliphatic heterocycles. The van der Waals surface area contributed by atoms with Gasteiger partial charge in [-0.3, -0.25) is 0 Å². The van der Waals surface area contributed by atoms with Crippen molar-refractivity contribution in [3.05, 3.63) is 35.9 Å². The predicted molar refractivity (Wildman–Crippen MR) is 47.6 cm³/mol. The molecule has 0 aromatic heterocycles. The molecule has 11 heavy (non-hydrogen) atoms. The van der Waals surface area contributed by atoms with E-state index in [2.05, 4.69) is 13.0 Å². The summed E-state index contributed by atoms with van der Waals surface area (Å²) in [7, 11) is 15.0. The average Bonchev–Trinajstić information content (AvgIpc) is 1.87. The van der Waals surface area contributed by atoms with Crippen LogP contribution in [0.25, 0.3) is 0 Å². The first-order chi connectivity index (χ1) is 5.13. The Kier molecular flexibility index (Phi) is 8.29. The molecule has 1 aromatic carbocycles. The van der Waals surface area contributed by atoms with Crippen LogP contribution in [0.4, 0.5) is 0 Å². The molecule has 0 saturated carbocycles. The molecule has 0 nitrogen and oxygen atoms in total. The topological polar surface area (TPSA) is 0 Å². The van der Waals surface area contributed by atoms with Crippen LogP contribution in [-0.2, 0) is 18.2 Å². The van der Waals surface area contributed by atoms with Crippen molar-refractivity contribution >= 4 is 25.5 Å². The fraction of sp³-hybridized carbons (Fsp3) is 0.143. The molecule has 0 aliphatic carbocycles. The van der Waals surface area contributed by atoms with Crippen LogP contribution >= 0.6 is 25.5 Å². The van der Waals surface area contributed by atoms with Crippen molar-refractivity contribution in [3.63, 3.8) is 0 Å². The number of hydrogen-bond acceptors (Lipinski definition) is 0. The number of rotatable bonds is 0. The number of hydrogen-bond donors (Lipinski definition) is 0. The second-order valence-electron chi connectivity index (χ2n) is 1.79. The summed E-state index contributed by atoms with van der Waals surface area (Å²) in [6.07, 6.45) is 0. The van der Waals surface area contributed by atoms with Gasteiger partial charge in [0.25, 0.3) is 0 Å². The van der Waals surface area contributed by atoms with E-state index >= 15 is 0 Å². The van der Waals surface area contributed by atoms with Crippen LogP contribution in [0.15, 0.2) is 24.3 Å². The van der Waals surface area contributed by atoms with Crippen molar-refractivity contribution in [1.82, 2.24) is 0 Å². The molecule has 0 N–H and O–H groups in total. The van der Waals surface area contributed by atoms with Crippen molar-refractivity contribution in [3.8, 4) is 0 Å². The molecule has 0 heterocycles. The third-order valence-corrected chi connectivity index (χ3v) is 0.885. The fourth-order valence-corrected chi connectivity index (χ4v) is 0.470. The first kappa shape index (κ1) is 12.0. The summed E-state index contributed by atoms with van der Waals surface area (Å²) in [5, 5.41) is 0. The molecule has 0 atom stereocenters. The number of halogens is 3. The molecule has 0 spiro atoms. The monoisotopic (exact) mass is 286 g/mol. The molecule has 0 fully saturated rings. The van der Waals surface area contributed by atoms with E-state index in [0.29, 0.717) is 0 Å². The van der Waals surface area contributed by atoms with E-state index in [-0.39, 0.29) is 0 Å². The van der Waals surface area contributed by atoms with E-state index in [4.69, 9.17) is 25.5 Å². The second-order valence-corrected chi connectivity index (χ2v) is 13.0. The van der Waals surface area contributed by atoms with Gasteiger partial charge in [0, 0.05) is 0 Å². The van der Waals surface area contributed by atoms with Gasteiger partial charge >= 0.3 is 43.7 Å². The first-order valence-electron chi connectivity index (χ1n) is 2.89. The van der Waals surface area contributed by atoms with Gasteiger partial charge in [0.2, 0.25) is 0 Å². The van der Waals surface area contributed by atoms with Crippen LogP contribution in [0.5, 0.6) is 0 Å². The zero-order valence-corrected chi connectivity index (χ0v) is 10.7. The van der Waals surface area contributed by atoms with Crippen molar-refractivity contribution in [2.45, 2.75) is 6.92 Å². The van der Waals surface area contributed by atoms with Gasteiger partial charge in [-0.25, -0.2) is 0 Å². The Morgan fingerprint density at radius 2 is 1.55 bits per heavy atom. The summed E-state index contributed by atoms with van der Waals surface area (Å²) >= 11 is -2.13. The molecule has 1 aromatic rings. The third-order valence-electron chi connectivity index (χ3n) is 0.885. The second kappa shape index (κ2) is 7.61. The van der Waals surface area contributed by atoms with Gasteiger partial charge in [-0.05, 0) is 0 Å². The third kappa shape index (κ3) is 11.0. The Hall–Kier alpha value is 0.973. The summed E-state index contributed by atoms with van der Waals surface area (Å²) in [5.74, 6) is 0. The van der Waals surface area contributed by atoms with Crippen LogP contribution in [0.3, 0.4) is 0 Å². The SMILES string of the molecule is Cc1cc[c-]cc1.[Cl][Zr]([Cl])[Cl]. The summed E-state index contributed by atoms with van der Waals surface area (Å²) in [4.78, 5) is 0. The van der Waals surface area contributed by atoms with Gasteiger partial charge < -0.3 is 0 Å². The number of aryl methyl sites for hydroxylation is 1. The van der Waals surface area contributed by atoms with Crippen LogP contribution in [0.1, 0.15) is 5.56 Å². The molecule has 1 rings (SSSR count). The summed E-state index contributed by atoms with van der Waals surface area (Å²) < 4.78 is 0. The molecule has 4 heteroatoms. The number of benzene rings is 1.